The van der Waals surface area contributed by atoms with Crippen molar-refractivity contribution < 1.29 is 17.6 Å². The minimum Gasteiger partial charge on any atom is -0.324 e. The minimum absolute atomic E-state index is 0.0101. The molecule has 0 spiro atoms. The SMILES string of the molecule is CCc1cc(Br)cc(C)c1NC(=O)CN(Cc1ccc(F)cc1)S(=O)(=O)c1ccc(Cl)cc1. The van der Waals surface area contributed by atoms with Gasteiger partial charge in [0.2, 0.25) is 15.9 Å². The third kappa shape index (κ3) is 6.41. The average molecular weight is 554 g/mol. The van der Waals surface area contributed by atoms with Gasteiger partial charge in [-0.1, -0.05) is 46.6 Å². The van der Waals surface area contributed by atoms with Crippen LogP contribution in [0.15, 0.2) is 70.0 Å². The molecule has 0 atom stereocenters. The summed E-state index contributed by atoms with van der Waals surface area (Å²) in [6.07, 6.45) is 0.693. The Morgan fingerprint density at radius 3 is 2.33 bits per heavy atom. The van der Waals surface area contributed by atoms with Crippen molar-refractivity contribution in [3.8, 4) is 0 Å². The molecule has 3 aromatic carbocycles. The first-order chi connectivity index (χ1) is 15.6. The molecule has 3 aromatic rings. The normalized spacial score (nSPS) is 11.6. The summed E-state index contributed by atoms with van der Waals surface area (Å²) >= 11 is 9.36. The topological polar surface area (TPSA) is 66.5 Å². The second kappa shape index (κ2) is 10.8. The Bertz CT molecular complexity index is 1250. The Kier molecular flexibility index (Phi) is 8.28. The summed E-state index contributed by atoms with van der Waals surface area (Å²) in [4.78, 5) is 13.0. The molecule has 0 heterocycles. The van der Waals surface area contributed by atoms with Crippen LogP contribution in [-0.4, -0.2) is 25.2 Å². The molecule has 5 nitrogen and oxygen atoms in total. The summed E-state index contributed by atoms with van der Waals surface area (Å²) in [7, 11) is -4.03. The fourth-order valence-electron chi connectivity index (χ4n) is 3.38. The van der Waals surface area contributed by atoms with Crippen LogP contribution in [0.2, 0.25) is 5.02 Å². The predicted octanol–water partition coefficient (Wildman–Crippen LogP) is 5.94. The number of sulfonamides is 1. The highest BCUT2D eigenvalue weighted by molar-refractivity contribution is 9.10. The van der Waals surface area contributed by atoms with Gasteiger partial charge < -0.3 is 5.32 Å². The third-order valence-electron chi connectivity index (χ3n) is 5.07. The molecule has 0 unspecified atom stereocenters. The first kappa shape index (κ1) is 25.4. The average Bonchev–Trinajstić information content (AvgIpc) is 2.76. The molecule has 174 valence electrons. The molecule has 0 aliphatic rings. The van der Waals surface area contributed by atoms with Crippen LogP contribution in [0.25, 0.3) is 0 Å². The van der Waals surface area contributed by atoms with E-state index in [1.54, 1.807) is 0 Å². The van der Waals surface area contributed by atoms with Crippen molar-refractivity contribution in [3.63, 3.8) is 0 Å². The third-order valence-corrected chi connectivity index (χ3v) is 7.59. The van der Waals surface area contributed by atoms with Gasteiger partial charge in [-0.3, -0.25) is 4.79 Å². The van der Waals surface area contributed by atoms with Crippen molar-refractivity contribution >= 4 is 49.1 Å². The van der Waals surface area contributed by atoms with E-state index in [2.05, 4.69) is 21.2 Å². The zero-order chi connectivity index (χ0) is 24.2. The van der Waals surface area contributed by atoms with Crippen LogP contribution in [-0.2, 0) is 27.8 Å². The van der Waals surface area contributed by atoms with Gasteiger partial charge in [-0.15, -0.1) is 0 Å². The number of anilines is 1. The maximum Gasteiger partial charge on any atom is 0.243 e. The molecule has 1 N–H and O–H groups in total. The van der Waals surface area contributed by atoms with Gasteiger partial charge in [0.15, 0.2) is 0 Å². The number of carbonyl (C=O) groups excluding carboxylic acids is 1. The van der Waals surface area contributed by atoms with E-state index in [-0.39, 0.29) is 11.4 Å². The maximum absolute atomic E-state index is 13.4. The van der Waals surface area contributed by atoms with E-state index in [0.29, 0.717) is 22.7 Å². The number of nitrogens with one attached hydrogen (secondary N) is 1. The molecular weight excluding hydrogens is 531 g/mol. The maximum atomic E-state index is 13.4. The standard InChI is InChI=1S/C24H23BrClFN2O3S/c1-3-18-13-19(25)12-16(2)24(18)28-23(30)15-29(14-17-4-8-21(27)9-5-17)33(31,32)22-10-6-20(26)7-11-22/h4-13H,3,14-15H2,1-2H3,(H,28,30). The van der Waals surface area contributed by atoms with Crippen LogP contribution >= 0.6 is 27.5 Å². The van der Waals surface area contributed by atoms with Crippen LogP contribution in [0, 0.1) is 12.7 Å². The van der Waals surface area contributed by atoms with E-state index in [0.717, 1.165) is 19.9 Å². The summed E-state index contributed by atoms with van der Waals surface area (Å²) in [6.45, 7) is 3.34. The molecule has 0 radical (unpaired) electrons. The van der Waals surface area contributed by atoms with Crippen molar-refractivity contribution in [3.05, 3.63) is 92.7 Å². The van der Waals surface area contributed by atoms with Gasteiger partial charge in [0.1, 0.15) is 5.82 Å². The van der Waals surface area contributed by atoms with E-state index >= 15 is 0 Å². The molecule has 0 aliphatic carbocycles. The molecular formula is C24H23BrClFN2O3S. The van der Waals surface area contributed by atoms with Crippen molar-refractivity contribution in [2.45, 2.75) is 31.7 Å². The first-order valence-electron chi connectivity index (χ1n) is 10.2. The van der Waals surface area contributed by atoms with E-state index in [1.165, 1.54) is 48.5 Å². The Balaban J connectivity index is 1.92. The van der Waals surface area contributed by atoms with E-state index in [9.17, 15) is 17.6 Å². The highest BCUT2D eigenvalue weighted by atomic mass is 79.9. The lowest BCUT2D eigenvalue weighted by Crippen LogP contribution is -2.37. The van der Waals surface area contributed by atoms with Gasteiger partial charge in [0.25, 0.3) is 0 Å². The van der Waals surface area contributed by atoms with Crippen molar-refractivity contribution in [2.24, 2.45) is 0 Å². The molecule has 3 rings (SSSR count). The number of benzene rings is 3. The highest BCUT2D eigenvalue weighted by Crippen LogP contribution is 2.27. The quantitative estimate of drug-likeness (QED) is 0.375. The van der Waals surface area contributed by atoms with Crippen molar-refractivity contribution in [1.29, 1.82) is 0 Å². The van der Waals surface area contributed by atoms with Crippen molar-refractivity contribution in [1.82, 2.24) is 4.31 Å². The van der Waals surface area contributed by atoms with Gasteiger partial charge >= 0.3 is 0 Å². The second-order valence-electron chi connectivity index (χ2n) is 7.51. The van der Waals surface area contributed by atoms with Gasteiger partial charge in [0, 0.05) is 21.7 Å². The number of carbonyl (C=O) groups is 1. The zero-order valence-electron chi connectivity index (χ0n) is 18.1. The van der Waals surface area contributed by atoms with Crippen LogP contribution in [0.5, 0.6) is 0 Å². The van der Waals surface area contributed by atoms with Gasteiger partial charge in [-0.05, 0) is 78.6 Å². The number of rotatable bonds is 8. The van der Waals surface area contributed by atoms with E-state index < -0.39 is 28.3 Å². The lowest BCUT2D eigenvalue weighted by Gasteiger charge is -2.23. The largest absolute Gasteiger partial charge is 0.324 e. The Hall–Kier alpha value is -2.26. The smallest absolute Gasteiger partial charge is 0.243 e. The minimum atomic E-state index is -4.03. The Morgan fingerprint density at radius 2 is 1.73 bits per heavy atom. The first-order valence-corrected chi connectivity index (χ1v) is 12.8. The molecule has 0 fully saturated rings. The molecule has 9 heteroatoms. The highest BCUT2D eigenvalue weighted by Gasteiger charge is 2.27. The van der Waals surface area contributed by atoms with Gasteiger partial charge in [-0.2, -0.15) is 4.31 Å². The van der Waals surface area contributed by atoms with E-state index in [1.807, 2.05) is 26.0 Å². The second-order valence-corrected chi connectivity index (χ2v) is 10.8. The number of hydrogen-bond acceptors (Lipinski definition) is 3. The lowest BCUT2D eigenvalue weighted by molar-refractivity contribution is -0.116. The molecule has 1 amide bonds. The summed E-state index contributed by atoms with van der Waals surface area (Å²) in [5.41, 5.74) is 3.01. The van der Waals surface area contributed by atoms with Crippen LogP contribution in [0.4, 0.5) is 10.1 Å². The zero-order valence-corrected chi connectivity index (χ0v) is 21.3. The molecule has 0 saturated carbocycles. The fraction of sp³-hybridized carbons (Fsp3) is 0.208. The molecule has 0 aliphatic heterocycles. The van der Waals surface area contributed by atoms with Crippen LogP contribution in [0.1, 0.15) is 23.6 Å². The number of nitrogens with zero attached hydrogens (tertiary/aromatic N) is 1. The van der Waals surface area contributed by atoms with Crippen LogP contribution < -0.4 is 5.32 Å². The summed E-state index contributed by atoms with van der Waals surface area (Å²) in [5, 5.41) is 3.27. The molecule has 33 heavy (non-hydrogen) atoms. The predicted molar refractivity (Wildman–Crippen MR) is 132 cm³/mol. The number of hydrogen-bond donors (Lipinski definition) is 1. The fourth-order valence-corrected chi connectivity index (χ4v) is 5.51. The van der Waals surface area contributed by atoms with E-state index in [4.69, 9.17) is 11.6 Å². The monoisotopic (exact) mass is 552 g/mol. The summed E-state index contributed by atoms with van der Waals surface area (Å²) in [5.74, 6) is -0.906. The van der Waals surface area contributed by atoms with Gasteiger partial charge in [0.05, 0.1) is 11.4 Å². The molecule has 0 bridgehead atoms. The number of amides is 1. The number of halogens is 3. The Morgan fingerprint density at radius 1 is 1.09 bits per heavy atom. The van der Waals surface area contributed by atoms with Crippen molar-refractivity contribution in [2.75, 3.05) is 11.9 Å². The summed E-state index contributed by atoms with van der Waals surface area (Å²) in [6, 6.07) is 15.0. The number of aryl methyl sites for hydroxylation is 2. The molecule has 0 saturated heterocycles. The van der Waals surface area contributed by atoms with Crippen LogP contribution in [0.3, 0.4) is 0 Å². The summed E-state index contributed by atoms with van der Waals surface area (Å²) < 4.78 is 42.0. The Labute approximate surface area is 206 Å². The molecule has 0 aromatic heterocycles. The van der Waals surface area contributed by atoms with Gasteiger partial charge in [-0.25, -0.2) is 12.8 Å². The lowest BCUT2D eigenvalue weighted by atomic mass is 10.1.